The van der Waals surface area contributed by atoms with Crippen LogP contribution in [0.15, 0.2) is 41.8 Å². The molecule has 2 aromatic rings. The Morgan fingerprint density at radius 2 is 2.17 bits per heavy atom. The van der Waals surface area contributed by atoms with Crippen LogP contribution in [0.5, 0.6) is 0 Å². The summed E-state index contributed by atoms with van der Waals surface area (Å²) in [5.41, 5.74) is 1.77. The number of ether oxygens (including phenoxy) is 1. The molecule has 1 atom stereocenters. The molecule has 3 rings (SSSR count). The topological polar surface area (TPSA) is 32.8 Å². The third-order valence-electron chi connectivity index (χ3n) is 4.27. The molecule has 0 N–H and O–H groups in total. The number of amides is 1. The maximum atomic E-state index is 13.1. The van der Waals surface area contributed by atoms with Crippen LogP contribution in [0.25, 0.3) is 0 Å². The second-order valence-electron chi connectivity index (χ2n) is 6.34. The van der Waals surface area contributed by atoms with E-state index in [4.69, 9.17) is 4.74 Å². The summed E-state index contributed by atoms with van der Waals surface area (Å²) in [7, 11) is 3.97. The number of hydrogen-bond acceptors (Lipinski definition) is 4. The highest BCUT2D eigenvalue weighted by Crippen LogP contribution is 2.21. The van der Waals surface area contributed by atoms with Crippen molar-refractivity contribution >= 4 is 22.9 Å². The molecule has 5 heteroatoms. The average Bonchev–Trinajstić information content (AvgIpc) is 3.27. The molecule has 128 valence electrons. The van der Waals surface area contributed by atoms with Crippen LogP contribution in [0.4, 0.5) is 5.69 Å². The highest BCUT2D eigenvalue weighted by molar-refractivity contribution is 7.09. The molecule has 1 aliphatic rings. The van der Waals surface area contributed by atoms with Gasteiger partial charge < -0.3 is 14.5 Å². The van der Waals surface area contributed by atoms with Crippen LogP contribution in [0.3, 0.4) is 0 Å². The maximum absolute atomic E-state index is 13.1. The summed E-state index contributed by atoms with van der Waals surface area (Å²) in [6, 6.07) is 11.9. The molecule has 24 heavy (non-hydrogen) atoms. The van der Waals surface area contributed by atoms with E-state index in [2.05, 4.69) is 11.4 Å². The van der Waals surface area contributed by atoms with Gasteiger partial charge in [0.25, 0.3) is 5.91 Å². The van der Waals surface area contributed by atoms with Gasteiger partial charge in [0.05, 0.1) is 12.6 Å². The molecule has 2 heterocycles. The van der Waals surface area contributed by atoms with Crippen molar-refractivity contribution in [3.63, 3.8) is 0 Å². The molecule has 1 saturated heterocycles. The molecular formula is C19H24N2O2S. The van der Waals surface area contributed by atoms with Crippen molar-refractivity contribution in [3.05, 3.63) is 52.2 Å². The molecule has 1 aromatic heterocycles. The second kappa shape index (κ2) is 7.81. The average molecular weight is 344 g/mol. The Labute approximate surface area is 147 Å². The Morgan fingerprint density at radius 1 is 1.29 bits per heavy atom. The quantitative estimate of drug-likeness (QED) is 0.802. The molecule has 0 aliphatic carbocycles. The van der Waals surface area contributed by atoms with Crippen molar-refractivity contribution in [2.24, 2.45) is 0 Å². The minimum Gasteiger partial charge on any atom is -0.378 e. The standard InChI is InChI=1S/C19H24N2O2S/c1-20(2)16-7-3-6-15(12-16)19(22)21(13-17-8-4-10-23-17)14-18-9-5-11-24-18/h3,5-7,9,11-12,17H,4,8,10,13-14H2,1-2H3. The van der Waals surface area contributed by atoms with Crippen molar-refractivity contribution in [2.45, 2.75) is 25.5 Å². The maximum Gasteiger partial charge on any atom is 0.254 e. The van der Waals surface area contributed by atoms with Gasteiger partial charge in [-0.3, -0.25) is 4.79 Å². The number of benzene rings is 1. The Morgan fingerprint density at radius 3 is 2.83 bits per heavy atom. The van der Waals surface area contributed by atoms with E-state index in [1.165, 1.54) is 4.88 Å². The molecule has 0 spiro atoms. The van der Waals surface area contributed by atoms with Crippen LogP contribution in [0, 0.1) is 0 Å². The Kier molecular flexibility index (Phi) is 5.53. The summed E-state index contributed by atoms with van der Waals surface area (Å²) in [4.78, 5) is 18.2. The highest BCUT2D eigenvalue weighted by atomic mass is 32.1. The van der Waals surface area contributed by atoms with Gasteiger partial charge in [0.2, 0.25) is 0 Å². The molecule has 1 unspecified atom stereocenters. The van der Waals surface area contributed by atoms with Crippen LogP contribution in [0.1, 0.15) is 28.1 Å². The molecule has 0 saturated carbocycles. The lowest BCUT2D eigenvalue weighted by Gasteiger charge is -2.25. The van der Waals surface area contributed by atoms with Crippen LogP contribution in [-0.2, 0) is 11.3 Å². The largest absolute Gasteiger partial charge is 0.378 e. The van der Waals surface area contributed by atoms with Gasteiger partial charge in [0, 0.05) is 43.4 Å². The summed E-state index contributed by atoms with van der Waals surface area (Å²) >= 11 is 1.69. The van der Waals surface area contributed by atoms with E-state index in [0.717, 1.165) is 30.7 Å². The van der Waals surface area contributed by atoms with Crippen molar-refractivity contribution in [3.8, 4) is 0 Å². The first-order valence-electron chi connectivity index (χ1n) is 8.34. The summed E-state index contributed by atoms with van der Waals surface area (Å²) < 4.78 is 5.75. The first-order chi connectivity index (χ1) is 11.6. The van der Waals surface area contributed by atoms with Gasteiger partial charge in [0.1, 0.15) is 0 Å². The van der Waals surface area contributed by atoms with Crippen molar-refractivity contribution in [2.75, 3.05) is 32.1 Å². The zero-order valence-corrected chi connectivity index (χ0v) is 15.1. The van der Waals surface area contributed by atoms with Gasteiger partial charge in [-0.15, -0.1) is 11.3 Å². The minimum absolute atomic E-state index is 0.0719. The number of thiophene rings is 1. The van der Waals surface area contributed by atoms with Crippen LogP contribution in [0.2, 0.25) is 0 Å². The molecule has 1 fully saturated rings. The van der Waals surface area contributed by atoms with Gasteiger partial charge in [-0.1, -0.05) is 12.1 Å². The van der Waals surface area contributed by atoms with Crippen LogP contribution < -0.4 is 4.90 Å². The van der Waals surface area contributed by atoms with E-state index in [0.29, 0.717) is 13.1 Å². The number of rotatable bonds is 6. The highest BCUT2D eigenvalue weighted by Gasteiger charge is 2.24. The van der Waals surface area contributed by atoms with Crippen molar-refractivity contribution in [1.29, 1.82) is 0 Å². The van der Waals surface area contributed by atoms with E-state index in [9.17, 15) is 4.79 Å². The fraction of sp³-hybridized carbons (Fsp3) is 0.421. The lowest BCUT2D eigenvalue weighted by Crippen LogP contribution is -2.36. The monoisotopic (exact) mass is 344 g/mol. The van der Waals surface area contributed by atoms with E-state index in [1.54, 1.807) is 11.3 Å². The molecule has 4 nitrogen and oxygen atoms in total. The van der Waals surface area contributed by atoms with Gasteiger partial charge in [0.15, 0.2) is 0 Å². The third-order valence-corrected chi connectivity index (χ3v) is 5.13. The van der Waals surface area contributed by atoms with Crippen LogP contribution in [-0.4, -0.2) is 44.2 Å². The van der Waals surface area contributed by atoms with Crippen molar-refractivity contribution < 1.29 is 9.53 Å². The summed E-state index contributed by atoms with van der Waals surface area (Å²) in [5, 5.41) is 2.05. The number of carbonyl (C=O) groups is 1. The van der Waals surface area contributed by atoms with Gasteiger partial charge in [-0.2, -0.15) is 0 Å². The summed E-state index contributed by atoms with van der Waals surface area (Å²) in [5.74, 6) is 0.0719. The molecular weight excluding hydrogens is 320 g/mol. The Bertz CT molecular complexity index is 664. The van der Waals surface area contributed by atoms with Gasteiger partial charge in [-0.05, 0) is 42.5 Å². The van der Waals surface area contributed by atoms with Gasteiger partial charge >= 0.3 is 0 Å². The zero-order chi connectivity index (χ0) is 16.9. The zero-order valence-electron chi connectivity index (χ0n) is 14.3. The molecule has 1 aliphatic heterocycles. The van der Waals surface area contributed by atoms with Crippen LogP contribution >= 0.6 is 11.3 Å². The predicted octanol–water partition coefficient (Wildman–Crippen LogP) is 3.64. The summed E-state index contributed by atoms with van der Waals surface area (Å²) in [6.45, 7) is 2.10. The van der Waals surface area contributed by atoms with Crippen molar-refractivity contribution in [1.82, 2.24) is 4.90 Å². The van der Waals surface area contributed by atoms with E-state index in [-0.39, 0.29) is 12.0 Å². The summed E-state index contributed by atoms with van der Waals surface area (Å²) in [6.07, 6.45) is 2.28. The fourth-order valence-electron chi connectivity index (χ4n) is 2.94. The predicted molar refractivity (Wildman–Crippen MR) is 98.8 cm³/mol. The first-order valence-corrected chi connectivity index (χ1v) is 9.22. The van der Waals surface area contributed by atoms with Gasteiger partial charge in [-0.25, -0.2) is 0 Å². The molecule has 0 radical (unpaired) electrons. The lowest BCUT2D eigenvalue weighted by atomic mass is 10.1. The third kappa shape index (κ3) is 4.16. The molecule has 0 bridgehead atoms. The SMILES string of the molecule is CN(C)c1cccc(C(=O)N(Cc2cccs2)CC2CCCO2)c1. The molecule has 1 amide bonds. The number of carbonyl (C=O) groups excluding carboxylic acids is 1. The lowest BCUT2D eigenvalue weighted by molar-refractivity contribution is 0.0509. The number of anilines is 1. The fourth-order valence-corrected chi connectivity index (χ4v) is 3.66. The second-order valence-corrected chi connectivity index (χ2v) is 7.38. The molecule has 1 aromatic carbocycles. The van der Waals surface area contributed by atoms with E-state index < -0.39 is 0 Å². The van der Waals surface area contributed by atoms with E-state index in [1.807, 2.05) is 54.2 Å². The number of hydrogen-bond donors (Lipinski definition) is 0. The smallest absolute Gasteiger partial charge is 0.254 e. The first kappa shape index (κ1) is 17.0. The Hall–Kier alpha value is -1.85. The minimum atomic E-state index is 0.0719. The number of nitrogens with zero attached hydrogens (tertiary/aromatic N) is 2. The Balaban J connectivity index is 1.80. The van der Waals surface area contributed by atoms with E-state index >= 15 is 0 Å². The normalized spacial score (nSPS) is 17.0.